The van der Waals surface area contributed by atoms with Crippen molar-refractivity contribution < 1.29 is 23.9 Å². The third kappa shape index (κ3) is 5.23. The summed E-state index contributed by atoms with van der Waals surface area (Å²) < 4.78 is 5.09. The Labute approximate surface area is 186 Å². The Kier molecular flexibility index (Phi) is 7.43. The van der Waals surface area contributed by atoms with Crippen LogP contribution in [0.5, 0.6) is 5.75 Å². The Hall–Kier alpha value is -3.88. The van der Waals surface area contributed by atoms with Gasteiger partial charge in [-0.25, -0.2) is 0 Å². The van der Waals surface area contributed by atoms with Crippen LogP contribution in [0.3, 0.4) is 0 Å². The van der Waals surface area contributed by atoms with Gasteiger partial charge in [0, 0.05) is 19.2 Å². The van der Waals surface area contributed by atoms with Gasteiger partial charge in [0.25, 0.3) is 11.8 Å². The second kappa shape index (κ2) is 10.4. The number of amides is 4. The minimum Gasteiger partial charge on any atom is -0.497 e. The SMILES string of the molecule is CNC(=O)C1CCCN1C(=O)CNC(=O)c1ccccc1NC(=O)c1ccc(OC)cc1. The van der Waals surface area contributed by atoms with Crippen LogP contribution >= 0.6 is 0 Å². The number of nitrogens with one attached hydrogen (secondary N) is 3. The first-order chi connectivity index (χ1) is 15.4. The van der Waals surface area contributed by atoms with Gasteiger partial charge in [-0.05, 0) is 49.2 Å². The average Bonchev–Trinajstić information content (AvgIpc) is 3.32. The smallest absolute Gasteiger partial charge is 0.255 e. The number of carbonyl (C=O) groups is 4. The fourth-order valence-electron chi connectivity index (χ4n) is 3.58. The fraction of sp³-hybridized carbons (Fsp3) is 0.304. The zero-order valence-corrected chi connectivity index (χ0v) is 18.0. The van der Waals surface area contributed by atoms with Crippen LogP contribution in [-0.4, -0.2) is 61.8 Å². The topological polar surface area (TPSA) is 117 Å². The predicted molar refractivity (Wildman–Crippen MR) is 119 cm³/mol. The van der Waals surface area contributed by atoms with Crippen LogP contribution in [0, 0.1) is 0 Å². The van der Waals surface area contributed by atoms with Crippen LogP contribution in [0.4, 0.5) is 5.69 Å². The third-order valence-electron chi connectivity index (χ3n) is 5.29. The number of hydrogen-bond donors (Lipinski definition) is 3. The van der Waals surface area contributed by atoms with Crippen LogP contribution < -0.4 is 20.7 Å². The van der Waals surface area contributed by atoms with Gasteiger partial charge < -0.3 is 25.6 Å². The Morgan fingerprint density at radius 1 is 1.03 bits per heavy atom. The van der Waals surface area contributed by atoms with Crippen molar-refractivity contribution in [2.75, 3.05) is 32.6 Å². The van der Waals surface area contributed by atoms with Gasteiger partial charge in [0.2, 0.25) is 11.8 Å². The van der Waals surface area contributed by atoms with Crippen molar-refractivity contribution in [1.82, 2.24) is 15.5 Å². The summed E-state index contributed by atoms with van der Waals surface area (Å²) in [6.07, 6.45) is 1.33. The fourth-order valence-corrected chi connectivity index (χ4v) is 3.58. The number of benzene rings is 2. The molecule has 1 saturated heterocycles. The minimum absolute atomic E-state index is 0.214. The number of para-hydroxylation sites is 1. The first-order valence-corrected chi connectivity index (χ1v) is 10.3. The highest BCUT2D eigenvalue weighted by molar-refractivity contribution is 6.09. The van der Waals surface area contributed by atoms with E-state index in [1.165, 1.54) is 19.1 Å². The zero-order valence-electron chi connectivity index (χ0n) is 18.0. The molecular formula is C23H26N4O5. The molecule has 0 radical (unpaired) electrons. The number of hydrogen-bond acceptors (Lipinski definition) is 5. The zero-order chi connectivity index (χ0) is 23.1. The molecule has 1 aliphatic rings. The first kappa shape index (κ1) is 22.8. The van der Waals surface area contributed by atoms with Crippen molar-refractivity contribution in [3.63, 3.8) is 0 Å². The molecule has 1 fully saturated rings. The summed E-state index contributed by atoms with van der Waals surface area (Å²) in [4.78, 5) is 51.3. The number of ether oxygens (including phenoxy) is 1. The molecule has 0 aromatic heterocycles. The Morgan fingerprint density at radius 2 is 1.75 bits per heavy atom. The molecule has 32 heavy (non-hydrogen) atoms. The molecule has 1 heterocycles. The number of carbonyl (C=O) groups excluding carboxylic acids is 4. The van der Waals surface area contributed by atoms with Gasteiger partial charge in [-0.1, -0.05) is 12.1 Å². The van der Waals surface area contributed by atoms with E-state index in [1.54, 1.807) is 48.5 Å². The maximum absolute atomic E-state index is 12.7. The van der Waals surface area contributed by atoms with Gasteiger partial charge in [0.1, 0.15) is 11.8 Å². The molecular weight excluding hydrogens is 412 g/mol. The first-order valence-electron chi connectivity index (χ1n) is 10.3. The summed E-state index contributed by atoms with van der Waals surface area (Å²) in [6.45, 7) is 0.231. The molecule has 0 spiro atoms. The van der Waals surface area contributed by atoms with Crippen molar-refractivity contribution in [3.05, 3.63) is 59.7 Å². The molecule has 3 rings (SSSR count). The van der Waals surface area contributed by atoms with Gasteiger partial charge in [-0.15, -0.1) is 0 Å². The second-order valence-electron chi connectivity index (χ2n) is 7.27. The molecule has 1 aliphatic heterocycles. The van der Waals surface area contributed by atoms with E-state index >= 15 is 0 Å². The number of methoxy groups -OCH3 is 1. The highest BCUT2D eigenvalue weighted by Gasteiger charge is 2.33. The van der Waals surface area contributed by atoms with E-state index in [1.807, 2.05) is 0 Å². The van der Waals surface area contributed by atoms with E-state index in [0.29, 0.717) is 30.0 Å². The van der Waals surface area contributed by atoms with Crippen LogP contribution in [0.2, 0.25) is 0 Å². The number of rotatable bonds is 7. The largest absolute Gasteiger partial charge is 0.497 e. The summed E-state index contributed by atoms with van der Waals surface area (Å²) in [5, 5.41) is 7.88. The molecule has 0 bridgehead atoms. The van der Waals surface area contributed by atoms with E-state index in [0.717, 1.165) is 6.42 Å². The molecule has 4 amide bonds. The molecule has 1 atom stereocenters. The number of likely N-dealkylation sites (N-methyl/N-ethyl adjacent to an activating group) is 1. The van der Waals surface area contributed by atoms with E-state index < -0.39 is 11.9 Å². The predicted octanol–water partition coefficient (Wildman–Crippen LogP) is 1.41. The lowest BCUT2D eigenvalue weighted by Gasteiger charge is -2.23. The molecule has 2 aromatic carbocycles. The lowest BCUT2D eigenvalue weighted by atomic mass is 10.1. The van der Waals surface area contributed by atoms with Crippen LogP contribution in [0.15, 0.2) is 48.5 Å². The summed E-state index contributed by atoms with van der Waals surface area (Å²) in [6, 6.07) is 12.6. The van der Waals surface area contributed by atoms with Crippen molar-refractivity contribution in [3.8, 4) is 5.75 Å². The van der Waals surface area contributed by atoms with Gasteiger partial charge in [0.05, 0.1) is 24.9 Å². The second-order valence-corrected chi connectivity index (χ2v) is 7.27. The molecule has 2 aromatic rings. The summed E-state index contributed by atoms with van der Waals surface area (Å²) in [5.74, 6) is -0.797. The van der Waals surface area contributed by atoms with Gasteiger partial charge >= 0.3 is 0 Å². The maximum Gasteiger partial charge on any atom is 0.255 e. The van der Waals surface area contributed by atoms with Crippen LogP contribution in [0.1, 0.15) is 33.6 Å². The van der Waals surface area contributed by atoms with Crippen molar-refractivity contribution in [2.45, 2.75) is 18.9 Å². The Balaban J connectivity index is 1.64. The molecule has 1 unspecified atom stereocenters. The standard InChI is InChI=1S/C23H26N4O5/c1-24-23(31)19-8-5-13-27(19)20(28)14-25-22(30)17-6-3-4-7-18(17)26-21(29)15-9-11-16(32-2)12-10-15/h3-4,6-7,9-12,19H,5,8,13-14H2,1-2H3,(H,24,31)(H,25,30)(H,26,29). The van der Waals surface area contributed by atoms with E-state index in [-0.39, 0.29) is 29.8 Å². The van der Waals surface area contributed by atoms with E-state index in [2.05, 4.69) is 16.0 Å². The van der Waals surface area contributed by atoms with E-state index in [9.17, 15) is 19.2 Å². The number of nitrogens with zero attached hydrogens (tertiary/aromatic N) is 1. The summed E-state index contributed by atoms with van der Waals surface area (Å²) >= 11 is 0. The number of likely N-dealkylation sites (tertiary alicyclic amines) is 1. The quantitative estimate of drug-likeness (QED) is 0.604. The maximum atomic E-state index is 12.7. The summed E-state index contributed by atoms with van der Waals surface area (Å²) in [5.41, 5.74) is 0.958. The number of anilines is 1. The highest BCUT2D eigenvalue weighted by atomic mass is 16.5. The molecule has 9 heteroatoms. The Morgan fingerprint density at radius 3 is 2.44 bits per heavy atom. The van der Waals surface area contributed by atoms with Gasteiger partial charge in [-0.3, -0.25) is 19.2 Å². The van der Waals surface area contributed by atoms with Crippen molar-refractivity contribution >= 4 is 29.3 Å². The molecule has 9 nitrogen and oxygen atoms in total. The summed E-state index contributed by atoms with van der Waals surface area (Å²) in [7, 11) is 3.07. The van der Waals surface area contributed by atoms with Crippen LogP contribution in [0.25, 0.3) is 0 Å². The monoisotopic (exact) mass is 438 g/mol. The third-order valence-corrected chi connectivity index (χ3v) is 5.29. The van der Waals surface area contributed by atoms with Gasteiger partial charge in [0.15, 0.2) is 0 Å². The van der Waals surface area contributed by atoms with E-state index in [4.69, 9.17) is 4.74 Å². The Bertz CT molecular complexity index is 1010. The van der Waals surface area contributed by atoms with Gasteiger partial charge in [-0.2, -0.15) is 0 Å². The highest BCUT2D eigenvalue weighted by Crippen LogP contribution is 2.19. The molecule has 0 saturated carbocycles. The normalized spacial score (nSPS) is 15.1. The van der Waals surface area contributed by atoms with Crippen molar-refractivity contribution in [1.29, 1.82) is 0 Å². The van der Waals surface area contributed by atoms with Crippen LogP contribution in [-0.2, 0) is 9.59 Å². The average molecular weight is 438 g/mol. The molecule has 3 N–H and O–H groups in total. The minimum atomic E-state index is -0.513. The van der Waals surface area contributed by atoms with Crippen molar-refractivity contribution in [2.24, 2.45) is 0 Å². The lowest BCUT2D eigenvalue weighted by molar-refractivity contribution is -0.137. The lowest BCUT2D eigenvalue weighted by Crippen LogP contribution is -2.48. The molecule has 168 valence electrons. The molecule has 0 aliphatic carbocycles.